The van der Waals surface area contributed by atoms with Crippen LogP contribution in [0.2, 0.25) is 0 Å². The molecule has 2 amide bonds. The van der Waals surface area contributed by atoms with Crippen LogP contribution in [0.4, 0.5) is 8.78 Å². The van der Waals surface area contributed by atoms with E-state index in [1.165, 1.54) is 5.38 Å². The summed E-state index contributed by atoms with van der Waals surface area (Å²) in [6.07, 6.45) is 4.15. The van der Waals surface area contributed by atoms with Gasteiger partial charge in [0.15, 0.2) is 5.01 Å². The predicted molar refractivity (Wildman–Crippen MR) is 89.4 cm³/mol. The van der Waals surface area contributed by atoms with Gasteiger partial charge in [0.05, 0.1) is 0 Å². The van der Waals surface area contributed by atoms with Gasteiger partial charge >= 0.3 is 0 Å². The van der Waals surface area contributed by atoms with Gasteiger partial charge in [0.25, 0.3) is 11.8 Å². The number of carbonyl (C=O) groups excluding carboxylic acids is 2. The third kappa shape index (κ3) is 4.60. The van der Waals surface area contributed by atoms with Crippen LogP contribution in [0.15, 0.2) is 23.6 Å². The van der Waals surface area contributed by atoms with Gasteiger partial charge in [0.1, 0.15) is 17.3 Å². The minimum Gasteiger partial charge on any atom is -0.347 e. The minimum absolute atomic E-state index is 0.0331. The lowest BCUT2D eigenvalue weighted by molar-refractivity contribution is 0.0937. The van der Waals surface area contributed by atoms with E-state index in [4.69, 9.17) is 0 Å². The maximum absolute atomic E-state index is 13.1. The van der Waals surface area contributed by atoms with Crippen LogP contribution in [0.5, 0.6) is 0 Å². The van der Waals surface area contributed by atoms with E-state index in [-0.39, 0.29) is 29.2 Å². The molecule has 0 aliphatic heterocycles. The number of hydrogen-bond acceptors (Lipinski definition) is 4. The molecule has 1 fully saturated rings. The lowest BCUT2D eigenvalue weighted by Crippen LogP contribution is -2.32. The molecule has 132 valence electrons. The molecule has 25 heavy (non-hydrogen) atoms. The standard InChI is InChI=1S/C17H17F2N3O2S/c18-11-5-10(6-12(19)7-11)8-20-15(23)14-9-25-17(22-14)16(24)21-13-3-1-2-4-13/h5-7,9,13H,1-4,8H2,(H,20,23)(H,21,24). The Hall–Kier alpha value is -2.35. The van der Waals surface area contributed by atoms with E-state index in [1.807, 2.05) is 0 Å². The average Bonchev–Trinajstić information content (AvgIpc) is 3.23. The van der Waals surface area contributed by atoms with Crippen molar-refractivity contribution in [2.45, 2.75) is 38.3 Å². The van der Waals surface area contributed by atoms with Crippen molar-refractivity contribution in [3.8, 4) is 0 Å². The molecule has 2 aromatic rings. The largest absolute Gasteiger partial charge is 0.347 e. The Morgan fingerprint density at radius 3 is 2.48 bits per heavy atom. The van der Waals surface area contributed by atoms with Crippen molar-refractivity contribution in [1.29, 1.82) is 0 Å². The minimum atomic E-state index is -0.705. The number of nitrogens with zero attached hydrogens (tertiary/aromatic N) is 1. The van der Waals surface area contributed by atoms with Crippen LogP contribution in [0.1, 0.15) is 51.5 Å². The highest BCUT2D eigenvalue weighted by Gasteiger charge is 2.21. The number of carbonyl (C=O) groups is 2. The van der Waals surface area contributed by atoms with Gasteiger partial charge in [0.2, 0.25) is 0 Å². The first-order valence-electron chi connectivity index (χ1n) is 8.01. The predicted octanol–water partition coefficient (Wildman–Crippen LogP) is 3.02. The summed E-state index contributed by atoms with van der Waals surface area (Å²) in [5, 5.41) is 7.17. The summed E-state index contributed by atoms with van der Waals surface area (Å²) < 4.78 is 26.3. The summed E-state index contributed by atoms with van der Waals surface area (Å²) in [5.41, 5.74) is 0.415. The molecule has 1 aromatic carbocycles. The molecule has 0 unspecified atom stereocenters. The fraction of sp³-hybridized carbons (Fsp3) is 0.353. The Morgan fingerprint density at radius 1 is 1.12 bits per heavy atom. The Morgan fingerprint density at radius 2 is 1.80 bits per heavy atom. The molecule has 3 rings (SSSR count). The van der Waals surface area contributed by atoms with E-state index >= 15 is 0 Å². The summed E-state index contributed by atoms with van der Waals surface area (Å²) in [6.45, 7) is -0.0331. The van der Waals surface area contributed by atoms with Crippen LogP contribution >= 0.6 is 11.3 Å². The van der Waals surface area contributed by atoms with Gasteiger partial charge in [-0.3, -0.25) is 9.59 Å². The lowest BCUT2D eigenvalue weighted by atomic mass is 10.2. The van der Waals surface area contributed by atoms with E-state index in [2.05, 4.69) is 15.6 Å². The van der Waals surface area contributed by atoms with Crippen LogP contribution in [0.25, 0.3) is 0 Å². The van der Waals surface area contributed by atoms with Crippen molar-refractivity contribution < 1.29 is 18.4 Å². The zero-order valence-corrected chi connectivity index (χ0v) is 14.2. The van der Waals surface area contributed by atoms with Crippen LogP contribution in [-0.2, 0) is 6.54 Å². The van der Waals surface area contributed by atoms with Gasteiger partial charge in [-0.05, 0) is 30.5 Å². The Kier molecular flexibility index (Phi) is 5.37. The van der Waals surface area contributed by atoms with E-state index in [1.54, 1.807) is 0 Å². The highest BCUT2D eigenvalue weighted by atomic mass is 32.1. The number of rotatable bonds is 5. The second-order valence-electron chi connectivity index (χ2n) is 5.95. The Labute approximate surface area is 147 Å². The van der Waals surface area contributed by atoms with Gasteiger partial charge in [-0.25, -0.2) is 13.8 Å². The third-order valence-electron chi connectivity index (χ3n) is 4.00. The van der Waals surface area contributed by atoms with Gasteiger partial charge in [0, 0.05) is 24.0 Å². The van der Waals surface area contributed by atoms with Crippen molar-refractivity contribution in [3.63, 3.8) is 0 Å². The molecule has 8 heteroatoms. The quantitative estimate of drug-likeness (QED) is 0.856. The maximum Gasteiger partial charge on any atom is 0.280 e. The topological polar surface area (TPSA) is 71.1 Å². The first kappa shape index (κ1) is 17.5. The molecule has 5 nitrogen and oxygen atoms in total. The highest BCUT2D eigenvalue weighted by Crippen LogP contribution is 2.19. The number of nitrogens with one attached hydrogen (secondary N) is 2. The van der Waals surface area contributed by atoms with E-state index in [9.17, 15) is 18.4 Å². The monoisotopic (exact) mass is 365 g/mol. The summed E-state index contributed by atoms with van der Waals surface area (Å²) in [6, 6.07) is 3.23. The first-order valence-corrected chi connectivity index (χ1v) is 8.89. The molecule has 0 saturated heterocycles. The molecular formula is C17H17F2N3O2S. The molecule has 1 aliphatic rings. The lowest BCUT2D eigenvalue weighted by Gasteiger charge is -2.09. The molecule has 0 bridgehead atoms. The molecule has 1 heterocycles. The van der Waals surface area contributed by atoms with E-state index < -0.39 is 17.5 Å². The molecule has 1 aliphatic carbocycles. The number of aromatic nitrogens is 1. The highest BCUT2D eigenvalue weighted by molar-refractivity contribution is 7.11. The number of hydrogen-bond donors (Lipinski definition) is 2. The molecular weight excluding hydrogens is 348 g/mol. The summed E-state index contributed by atoms with van der Waals surface area (Å²) >= 11 is 1.09. The smallest absolute Gasteiger partial charge is 0.280 e. The van der Waals surface area contributed by atoms with Gasteiger partial charge < -0.3 is 10.6 Å². The molecule has 1 aromatic heterocycles. The number of halogens is 2. The molecule has 0 spiro atoms. The zero-order valence-electron chi connectivity index (χ0n) is 13.4. The van der Waals surface area contributed by atoms with Crippen molar-refractivity contribution in [3.05, 3.63) is 51.5 Å². The van der Waals surface area contributed by atoms with Crippen LogP contribution in [0.3, 0.4) is 0 Å². The third-order valence-corrected chi connectivity index (χ3v) is 4.84. The van der Waals surface area contributed by atoms with Crippen LogP contribution in [-0.4, -0.2) is 22.8 Å². The SMILES string of the molecule is O=C(NCc1cc(F)cc(F)c1)c1csc(C(=O)NC2CCCC2)n1. The molecule has 0 radical (unpaired) electrons. The van der Waals surface area contributed by atoms with Crippen LogP contribution in [0, 0.1) is 11.6 Å². The molecule has 1 saturated carbocycles. The maximum atomic E-state index is 13.1. The fourth-order valence-corrected chi connectivity index (χ4v) is 3.49. The van der Waals surface area contributed by atoms with Crippen molar-refractivity contribution in [2.75, 3.05) is 0 Å². The number of thiazole rings is 1. The van der Waals surface area contributed by atoms with Gasteiger partial charge in [-0.15, -0.1) is 11.3 Å². The van der Waals surface area contributed by atoms with Crippen molar-refractivity contribution in [2.24, 2.45) is 0 Å². The Balaban J connectivity index is 1.57. The summed E-state index contributed by atoms with van der Waals surface area (Å²) in [7, 11) is 0. The normalized spacial score (nSPS) is 14.5. The second kappa shape index (κ2) is 7.69. The van der Waals surface area contributed by atoms with Crippen molar-refractivity contribution >= 4 is 23.2 Å². The number of benzene rings is 1. The van der Waals surface area contributed by atoms with Gasteiger partial charge in [-0.2, -0.15) is 0 Å². The summed E-state index contributed by atoms with van der Waals surface area (Å²) in [4.78, 5) is 28.2. The van der Waals surface area contributed by atoms with E-state index in [0.717, 1.165) is 55.2 Å². The fourth-order valence-electron chi connectivity index (χ4n) is 2.79. The molecule has 0 atom stereocenters. The first-order chi connectivity index (χ1) is 12.0. The van der Waals surface area contributed by atoms with Crippen LogP contribution < -0.4 is 10.6 Å². The van der Waals surface area contributed by atoms with Crippen molar-refractivity contribution in [1.82, 2.24) is 15.6 Å². The van der Waals surface area contributed by atoms with E-state index in [0.29, 0.717) is 5.56 Å². The number of amides is 2. The zero-order chi connectivity index (χ0) is 17.8. The average molecular weight is 365 g/mol. The summed E-state index contributed by atoms with van der Waals surface area (Å²) in [5.74, 6) is -2.18. The second-order valence-corrected chi connectivity index (χ2v) is 6.81. The van der Waals surface area contributed by atoms with Gasteiger partial charge in [-0.1, -0.05) is 12.8 Å². The Bertz CT molecular complexity index is 768. The molecule has 2 N–H and O–H groups in total.